The Morgan fingerprint density at radius 1 is 0.818 bits per heavy atom. The summed E-state index contributed by atoms with van der Waals surface area (Å²) in [5.41, 5.74) is 0. The van der Waals surface area contributed by atoms with Gasteiger partial charge in [-0.25, -0.2) is 0 Å². The van der Waals surface area contributed by atoms with Crippen molar-refractivity contribution in [3.63, 3.8) is 0 Å². The van der Waals surface area contributed by atoms with Gasteiger partial charge in [0, 0.05) is 47.7 Å². The molecule has 0 atom stereocenters. The van der Waals surface area contributed by atoms with Gasteiger partial charge in [-0.1, -0.05) is 0 Å². The molecule has 0 rings (SSSR count). The predicted octanol–water partition coefficient (Wildman–Crippen LogP) is 1.03. The zero-order valence-corrected chi connectivity index (χ0v) is 11.0. The molecule has 0 heterocycles. The summed E-state index contributed by atoms with van der Waals surface area (Å²) in [5.74, 6) is 0. The van der Waals surface area contributed by atoms with Crippen molar-refractivity contribution in [1.29, 1.82) is 0 Å². The van der Waals surface area contributed by atoms with Gasteiger partial charge < -0.3 is 9.79 Å². The van der Waals surface area contributed by atoms with Crippen molar-refractivity contribution in [2.24, 2.45) is 0 Å². The van der Waals surface area contributed by atoms with Gasteiger partial charge in [-0.3, -0.25) is 9.13 Å². The summed E-state index contributed by atoms with van der Waals surface area (Å²) in [7, 11) is -5.28. The molecule has 0 unspecified atom stereocenters. The Morgan fingerprint density at radius 3 is 0.818 bits per heavy atom. The molecule has 0 radical (unpaired) electrons. The van der Waals surface area contributed by atoms with Crippen molar-refractivity contribution in [1.82, 2.24) is 0 Å². The Balaban J connectivity index is -0.000000107. The molecule has 0 saturated heterocycles. The standard InChI is InChI=1S/2C2H7O2P.Pt/c2*1-5(2,3)4;/h2*1-2H3,(H,3,4);. The van der Waals surface area contributed by atoms with Crippen LogP contribution in [-0.4, -0.2) is 36.4 Å². The maximum atomic E-state index is 9.77. The molecule has 0 bridgehead atoms. The van der Waals surface area contributed by atoms with Crippen LogP contribution >= 0.6 is 14.7 Å². The van der Waals surface area contributed by atoms with Crippen LogP contribution in [0.5, 0.6) is 0 Å². The largest absolute Gasteiger partial charge is 0.345 e. The molecule has 0 aromatic rings. The van der Waals surface area contributed by atoms with Crippen LogP contribution in [0, 0.1) is 0 Å². The molecule has 0 aromatic carbocycles. The third-order valence-corrected chi connectivity index (χ3v) is 0. The van der Waals surface area contributed by atoms with Crippen molar-refractivity contribution >= 4 is 14.7 Å². The average molecular weight is 383 g/mol. The van der Waals surface area contributed by atoms with Gasteiger partial charge in [0.25, 0.3) is 0 Å². The molecule has 0 saturated carbocycles. The molecule has 0 spiro atoms. The van der Waals surface area contributed by atoms with Gasteiger partial charge in [-0.15, -0.1) is 0 Å². The van der Waals surface area contributed by atoms with Crippen LogP contribution in [0.1, 0.15) is 0 Å². The minimum Gasteiger partial charge on any atom is -0.345 e. The third-order valence-electron chi connectivity index (χ3n) is 0. The van der Waals surface area contributed by atoms with Gasteiger partial charge in [0.15, 0.2) is 14.7 Å². The first kappa shape index (κ1) is 18.0. The first-order valence-electron chi connectivity index (χ1n) is 2.55. The van der Waals surface area contributed by atoms with Crippen molar-refractivity contribution < 1.29 is 40.0 Å². The van der Waals surface area contributed by atoms with Crippen molar-refractivity contribution in [3.05, 3.63) is 0 Å². The molecular weight excluding hydrogens is 369 g/mol. The van der Waals surface area contributed by atoms with Gasteiger partial charge in [-0.05, 0) is 0 Å². The van der Waals surface area contributed by atoms with E-state index in [1.165, 1.54) is 26.7 Å². The fourth-order valence-electron chi connectivity index (χ4n) is 0. The molecule has 0 aliphatic rings. The molecule has 74 valence electrons. The number of hydrogen-bond acceptors (Lipinski definition) is 2. The van der Waals surface area contributed by atoms with Gasteiger partial charge in [0.1, 0.15) is 0 Å². The smallest absolute Gasteiger partial charge is 0.194 e. The molecule has 0 aromatic heterocycles. The Morgan fingerprint density at radius 2 is 0.818 bits per heavy atom. The molecule has 0 amide bonds. The van der Waals surface area contributed by atoms with Crippen molar-refractivity contribution in [3.8, 4) is 0 Å². The molecular formula is C4H14O4P2Pt. The molecule has 0 fully saturated rings. The van der Waals surface area contributed by atoms with E-state index in [0.29, 0.717) is 0 Å². The summed E-state index contributed by atoms with van der Waals surface area (Å²) < 4.78 is 19.5. The minimum absolute atomic E-state index is 0. The zero-order chi connectivity index (χ0) is 9.00. The fraction of sp³-hybridized carbons (Fsp3) is 1.00. The summed E-state index contributed by atoms with van der Waals surface area (Å²) in [5, 5.41) is 0. The zero-order valence-electron chi connectivity index (χ0n) is 6.92. The van der Waals surface area contributed by atoms with Crippen molar-refractivity contribution in [2.45, 2.75) is 0 Å². The van der Waals surface area contributed by atoms with Crippen LogP contribution in [-0.2, 0) is 30.2 Å². The fourth-order valence-corrected chi connectivity index (χ4v) is 0. The summed E-state index contributed by atoms with van der Waals surface area (Å²) >= 11 is 0. The normalized spacial score (nSPS) is 10.7. The molecule has 11 heavy (non-hydrogen) atoms. The van der Waals surface area contributed by atoms with E-state index in [2.05, 4.69) is 0 Å². The molecule has 2 N–H and O–H groups in total. The molecule has 7 heteroatoms. The molecule has 4 nitrogen and oxygen atoms in total. The summed E-state index contributed by atoms with van der Waals surface area (Å²) in [6.45, 7) is 5.19. The minimum atomic E-state index is -2.64. The van der Waals surface area contributed by atoms with E-state index in [4.69, 9.17) is 9.79 Å². The van der Waals surface area contributed by atoms with Crippen LogP contribution < -0.4 is 0 Å². The first-order chi connectivity index (χ1) is 4.00. The average Bonchev–Trinajstić information content (AvgIpc) is 1.12. The monoisotopic (exact) mass is 383 g/mol. The summed E-state index contributed by atoms with van der Waals surface area (Å²) in [4.78, 5) is 16.2. The number of hydrogen-bond donors (Lipinski definition) is 2. The van der Waals surface area contributed by atoms with Gasteiger partial charge >= 0.3 is 0 Å². The topological polar surface area (TPSA) is 74.6 Å². The van der Waals surface area contributed by atoms with E-state index in [-0.39, 0.29) is 21.1 Å². The van der Waals surface area contributed by atoms with E-state index in [0.717, 1.165) is 0 Å². The Bertz CT molecular complexity index is 132. The van der Waals surface area contributed by atoms with Gasteiger partial charge in [0.2, 0.25) is 0 Å². The second kappa shape index (κ2) is 6.57. The summed E-state index contributed by atoms with van der Waals surface area (Å²) in [6, 6.07) is 0. The number of rotatable bonds is 0. The van der Waals surface area contributed by atoms with E-state index in [9.17, 15) is 9.13 Å². The van der Waals surface area contributed by atoms with E-state index >= 15 is 0 Å². The molecule has 0 aliphatic heterocycles. The SMILES string of the molecule is CP(C)(=O)O.CP(C)(=O)O.[Pt]. The second-order valence-electron chi connectivity index (χ2n) is 2.59. The van der Waals surface area contributed by atoms with E-state index < -0.39 is 14.7 Å². The van der Waals surface area contributed by atoms with E-state index in [1.54, 1.807) is 0 Å². The Hall–Kier alpha value is 1.07. The Labute approximate surface area is 81.6 Å². The van der Waals surface area contributed by atoms with Crippen LogP contribution in [0.15, 0.2) is 0 Å². The Kier molecular flexibility index (Phi) is 10.7. The first-order valence-corrected chi connectivity index (χ1v) is 7.66. The van der Waals surface area contributed by atoms with E-state index in [1.807, 2.05) is 0 Å². The maximum absolute atomic E-state index is 9.77. The van der Waals surface area contributed by atoms with Crippen LogP contribution in [0.25, 0.3) is 0 Å². The molecule has 0 aliphatic carbocycles. The second-order valence-corrected chi connectivity index (χ2v) is 7.76. The summed E-state index contributed by atoms with van der Waals surface area (Å²) in [6.07, 6.45) is 0. The van der Waals surface area contributed by atoms with Crippen LogP contribution in [0.3, 0.4) is 0 Å². The quantitative estimate of drug-likeness (QED) is 0.613. The van der Waals surface area contributed by atoms with Gasteiger partial charge in [-0.2, -0.15) is 0 Å². The third kappa shape index (κ3) is 798. The van der Waals surface area contributed by atoms with Crippen molar-refractivity contribution in [2.75, 3.05) is 26.7 Å². The van der Waals surface area contributed by atoms with Crippen LogP contribution in [0.2, 0.25) is 0 Å². The van der Waals surface area contributed by atoms with Crippen LogP contribution in [0.4, 0.5) is 0 Å². The van der Waals surface area contributed by atoms with Gasteiger partial charge in [0.05, 0.1) is 0 Å². The predicted molar refractivity (Wildman–Crippen MR) is 43.3 cm³/mol. The maximum Gasteiger partial charge on any atom is 0.194 e.